The normalized spacial score (nSPS) is 10.8. The molecule has 1 aromatic heterocycles. The van der Waals surface area contributed by atoms with E-state index in [4.69, 9.17) is 5.11 Å². The Hall–Kier alpha value is -2.04. The number of hydrogen-bond acceptors (Lipinski definition) is 3. The number of nitrogens with zero attached hydrogens (tertiary/aromatic N) is 2. The van der Waals surface area contributed by atoms with E-state index in [2.05, 4.69) is 5.10 Å². The standard InChI is InChI=1S/C11H12N2O3/c1-7-11-8(3-2-4-9(11)14)12-13(7)6-5-10(15)16/h2-4,14H,5-6H2,1H3,(H,15,16). The van der Waals surface area contributed by atoms with Crippen molar-refractivity contribution in [1.29, 1.82) is 0 Å². The maximum absolute atomic E-state index is 10.5. The van der Waals surface area contributed by atoms with Gasteiger partial charge >= 0.3 is 5.97 Å². The SMILES string of the molecule is Cc1c2c(O)cccc2nn1CCC(=O)O. The molecule has 5 heteroatoms. The van der Waals surface area contributed by atoms with E-state index in [1.54, 1.807) is 22.9 Å². The lowest BCUT2D eigenvalue weighted by atomic mass is 10.2. The number of aromatic hydroxyl groups is 1. The number of aliphatic carboxylic acids is 1. The Balaban J connectivity index is 2.44. The van der Waals surface area contributed by atoms with Crippen LogP contribution in [0.3, 0.4) is 0 Å². The number of benzene rings is 1. The lowest BCUT2D eigenvalue weighted by Crippen LogP contribution is -2.07. The molecular weight excluding hydrogens is 208 g/mol. The summed E-state index contributed by atoms with van der Waals surface area (Å²) in [6, 6.07) is 5.10. The highest BCUT2D eigenvalue weighted by Crippen LogP contribution is 2.26. The molecule has 0 amide bonds. The van der Waals surface area contributed by atoms with Crippen LogP contribution in [0.25, 0.3) is 10.9 Å². The van der Waals surface area contributed by atoms with Gasteiger partial charge in [-0.3, -0.25) is 9.48 Å². The first-order valence-electron chi connectivity index (χ1n) is 4.96. The number of carboxylic acids is 1. The molecule has 2 rings (SSSR count). The Morgan fingerprint density at radius 1 is 1.50 bits per heavy atom. The number of phenolic OH excluding ortho intramolecular Hbond substituents is 1. The second-order valence-electron chi connectivity index (χ2n) is 3.62. The third-order valence-electron chi connectivity index (χ3n) is 2.54. The van der Waals surface area contributed by atoms with Crippen molar-refractivity contribution in [1.82, 2.24) is 9.78 Å². The summed E-state index contributed by atoms with van der Waals surface area (Å²) < 4.78 is 1.61. The predicted octanol–water partition coefficient (Wildman–Crippen LogP) is 1.53. The molecule has 0 radical (unpaired) electrons. The van der Waals surface area contributed by atoms with Crippen molar-refractivity contribution in [3.8, 4) is 5.75 Å². The van der Waals surface area contributed by atoms with E-state index in [9.17, 15) is 9.90 Å². The Labute approximate surface area is 91.9 Å². The first-order valence-corrected chi connectivity index (χ1v) is 4.96. The molecule has 0 aliphatic rings. The van der Waals surface area contributed by atoms with Gasteiger partial charge in [-0.2, -0.15) is 5.10 Å². The van der Waals surface area contributed by atoms with Crippen LogP contribution in [0.1, 0.15) is 12.1 Å². The number of fused-ring (bicyclic) bond motifs is 1. The maximum Gasteiger partial charge on any atom is 0.305 e. The van der Waals surface area contributed by atoms with E-state index >= 15 is 0 Å². The zero-order valence-electron chi connectivity index (χ0n) is 8.84. The predicted molar refractivity (Wildman–Crippen MR) is 58.4 cm³/mol. The summed E-state index contributed by atoms with van der Waals surface area (Å²) in [5.41, 5.74) is 1.47. The molecule has 0 aliphatic carbocycles. The summed E-state index contributed by atoms with van der Waals surface area (Å²) in [6.45, 7) is 2.13. The minimum Gasteiger partial charge on any atom is -0.507 e. The van der Waals surface area contributed by atoms with Crippen molar-refractivity contribution in [2.75, 3.05) is 0 Å². The van der Waals surface area contributed by atoms with Crippen LogP contribution >= 0.6 is 0 Å². The van der Waals surface area contributed by atoms with Crippen molar-refractivity contribution in [2.45, 2.75) is 19.9 Å². The second-order valence-corrected chi connectivity index (χ2v) is 3.62. The summed E-state index contributed by atoms with van der Waals surface area (Å²) in [5, 5.41) is 23.2. The van der Waals surface area contributed by atoms with E-state index in [-0.39, 0.29) is 12.2 Å². The van der Waals surface area contributed by atoms with Crippen LogP contribution in [-0.4, -0.2) is 26.0 Å². The summed E-state index contributed by atoms with van der Waals surface area (Å²) >= 11 is 0. The van der Waals surface area contributed by atoms with Gasteiger partial charge in [-0.15, -0.1) is 0 Å². The molecule has 0 atom stereocenters. The van der Waals surface area contributed by atoms with Gasteiger partial charge in [-0.05, 0) is 19.1 Å². The van der Waals surface area contributed by atoms with Gasteiger partial charge in [0, 0.05) is 5.69 Å². The van der Waals surface area contributed by atoms with Gasteiger partial charge in [0.25, 0.3) is 0 Å². The topological polar surface area (TPSA) is 75.4 Å². The summed E-state index contributed by atoms with van der Waals surface area (Å²) in [7, 11) is 0. The number of carbonyl (C=O) groups is 1. The lowest BCUT2D eigenvalue weighted by Gasteiger charge is -2.01. The van der Waals surface area contributed by atoms with Gasteiger partial charge in [0.05, 0.1) is 23.9 Å². The number of rotatable bonds is 3. The number of aromatic nitrogens is 2. The Morgan fingerprint density at radius 2 is 2.25 bits per heavy atom. The summed E-state index contributed by atoms with van der Waals surface area (Å²) in [5.74, 6) is -0.681. The first kappa shape index (κ1) is 10.5. The Morgan fingerprint density at radius 3 is 2.88 bits per heavy atom. The van der Waals surface area contributed by atoms with Crippen molar-refractivity contribution >= 4 is 16.9 Å². The fraction of sp³-hybridized carbons (Fsp3) is 0.273. The molecule has 0 bridgehead atoms. The molecule has 2 N–H and O–H groups in total. The zero-order valence-corrected chi connectivity index (χ0v) is 8.84. The monoisotopic (exact) mass is 220 g/mol. The number of carboxylic acid groups (broad SMARTS) is 1. The van der Waals surface area contributed by atoms with Crippen molar-refractivity contribution in [2.24, 2.45) is 0 Å². The van der Waals surface area contributed by atoms with Crippen LogP contribution < -0.4 is 0 Å². The molecule has 1 aromatic carbocycles. The summed E-state index contributed by atoms with van der Waals surface area (Å²) in [4.78, 5) is 10.5. The molecule has 0 aliphatic heterocycles. The molecule has 0 saturated carbocycles. The Bertz CT molecular complexity index is 545. The van der Waals surface area contributed by atoms with E-state index < -0.39 is 5.97 Å². The molecule has 84 valence electrons. The second kappa shape index (κ2) is 3.84. The number of hydrogen-bond donors (Lipinski definition) is 2. The minimum atomic E-state index is -0.858. The van der Waals surface area contributed by atoms with Crippen LogP contribution in [0.5, 0.6) is 5.75 Å². The molecule has 0 spiro atoms. The van der Waals surface area contributed by atoms with Crippen molar-refractivity contribution < 1.29 is 15.0 Å². The smallest absolute Gasteiger partial charge is 0.305 e. The molecule has 0 saturated heterocycles. The largest absolute Gasteiger partial charge is 0.507 e. The van der Waals surface area contributed by atoms with Gasteiger partial charge in [0.2, 0.25) is 0 Å². The Kier molecular flexibility index (Phi) is 2.52. The van der Waals surface area contributed by atoms with Crippen LogP contribution in [0.15, 0.2) is 18.2 Å². The van der Waals surface area contributed by atoms with E-state index in [1.165, 1.54) is 0 Å². The van der Waals surface area contributed by atoms with Gasteiger partial charge in [-0.1, -0.05) is 6.07 Å². The quantitative estimate of drug-likeness (QED) is 0.822. The lowest BCUT2D eigenvalue weighted by molar-refractivity contribution is -0.137. The zero-order chi connectivity index (χ0) is 11.7. The highest BCUT2D eigenvalue weighted by molar-refractivity contribution is 5.87. The van der Waals surface area contributed by atoms with E-state index in [0.29, 0.717) is 17.4 Å². The molecular formula is C11H12N2O3. The van der Waals surface area contributed by atoms with Crippen molar-refractivity contribution in [3.05, 3.63) is 23.9 Å². The van der Waals surface area contributed by atoms with Gasteiger partial charge in [0.1, 0.15) is 5.75 Å². The van der Waals surface area contributed by atoms with Gasteiger partial charge < -0.3 is 10.2 Å². The van der Waals surface area contributed by atoms with Gasteiger partial charge in [0.15, 0.2) is 0 Å². The van der Waals surface area contributed by atoms with E-state index in [0.717, 1.165) is 5.69 Å². The molecule has 1 heterocycles. The molecule has 16 heavy (non-hydrogen) atoms. The fourth-order valence-corrected chi connectivity index (χ4v) is 1.74. The highest BCUT2D eigenvalue weighted by atomic mass is 16.4. The first-order chi connectivity index (χ1) is 7.59. The van der Waals surface area contributed by atoms with Crippen LogP contribution in [-0.2, 0) is 11.3 Å². The minimum absolute atomic E-state index is 0.0234. The fourth-order valence-electron chi connectivity index (χ4n) is 1.74. The van der Waals surface area contributed by atoms with Crippen molar-refractivity contribution in [3.63, 3.8) is 0 Å². The molecule has 2 aromatic rings. The third kappa shape index (κ3) is 1.71. The van der Waals surface area contributed by atoms with Crippen LogP contribution in [0.4, 0.5) is 0 Å². The number of aryl methyl sites for hydroxylation is 2. The van der Waals surface area contributed by atoms with Gasteiger partial charge in [-0.25, -0.2) is 0 Å². The average Bonchev–Trinajstić information content (AvgIpc) is 2.54. The number of phenols is 1. The van der Waals surface area contributed by atoms with Crippen LogP contribution in [0, 0.1) is 6.92 Å². The van der Waals surface area contributed by atoms with E-state index in [1.807, 2.05) is 6.92 Å². The molecule has 0 unspecified atom stereocenters. The molecule has 0 fully saturated rings. The van der Waals surface area contributed by atoms with Crippen LogP contribution in [0.2, 0.25) is 0 Å². The summed E-state index contributed by atoms with van der Waals surface area (Å²) in [6.07, 6.45) is 0.0234. The third-order valence-corrected chi connectivity index (χ3v) is 2.54. The maximum atomic E-state index is 10.5. The molecule has 5 nitrogen and oxygen atoms in total. The average molecular weight is 220 g/mol. The highest BCUT2D eigenvalue weighted by Gasteiger charge is 2.11.